The van der Waals surface area contributed by atoms with Gasteiger partial charge in [-0.3, -0.25) is 14.4 Å². The minimum absolute atomic E-state index is 0. The van der Waals surface area contributed by atoms with Crippen LogP contribution in [0.1, 0.15) is 37.9 Å². The molecule has 9 nitrogen and oxygen atoms in total. The van der Waals surface area contributed by atoms with Crippen LogP contribution in [0, 0.1) is 6.92 Å². The van der Waals surface area contributed by atoms with Gasteiger partial charge < -0.3 is 27.6 Å². The molecule has 0 aliphatic carbocycles. The fraction of sp³-hybridized carbons (Fsp3) is 0.226. The van der Waals surface area contributed by atoms with Crippen molar-refractivity contribution in [2.24, 2.45) is 0 Å². The maximum absolute atomic E-state index is 12.6. The Kier molecular flexibility index (Phi) is 11.7. The van der Waals surface area contributed by atoms with Crippen molar-refractivity contribution < 1.29 is 55.6 Å². The number of amides is 2. The Hall–Kier alpha value is -3.92. The van der Waals surface area contributed by atoms with E-state index in [9.17, 15) is 24.6 Å². The molecule has 4 rings (SSSR count). The van der Waals surface area contributed by atoms with E-state index in [0.717, 1.165) is 33.3 Å². The van der Waals surface area contributed by atoms with Crippen LogP contribution in [-0.2, 0) is 14.4 Å². The number of anilines is 1. The molecule has 0 bridgehead atoms. The van der Waals surface area contributed by atoms with Gasteiger partial charge in [-0.2, -0.15) is 0 Å². The number of phenols is 1. The molecular formula is C31H33N4NaO5. The molecule has 0 aliphatic heterocycles. The number of hydrogen-bond donors (Lipinski definition) is 5. The minimum Gasteiger partial charge on any atom is -1.00 e. The zero-order valence-corrected chi connectivity index (χ0v) is 25.2. The largest absolute Gasteiger partial charge is 1.00 e. The van der Waals surface area contributed by atoms with Crippen LogP contribution in [0.5, 0.6) is 5.75 Å². The maximum atomic E-state index is 12.6. The normalized spacial score (nSPS) is 11.2. The number of aryl methyl sites for hydroxylation is 1. The molecule has 41 heavy (non-hydrogen) atoms. The van der Waals surface area contributed by atoms with Crippen LogP contribution in [0.3, 0.4) is 0 Å². The number of aromatic hydroxyl groups is 1. The molecule has 0 saturated heterocycles. The molecule has 10 heteroatoms. The number of fused-ring (bicyclic) bond motifs is 1. The van der Waals surface area contributed by atoms with Gasteiger partial charge in [0.15, 0.2) is 0 Å². The number of rotatable bonds is 12. The number of carbonyl (C=O) groups excluding carboxylic acids is 2. The number of carboxylic acid groups (broad SMARTS) is 1. The number of aromatic nitrogens is 1. The van der Waals surface area contributed by atoms with E-state index in [1.807, 2.05) is 61.5 Å². The number of pyridine rings is 1. The first kappa shape index (κ1) is 31.6. The average Bonchev–Trinajstić information content (AvgIpc) is 2.93. The molecular weight excluding hydrogens is 531 g/mol. The summed E-state index contributed by atoms with van der Waals surface area (Å²) in [6, 6.07) is 21.6. The van der Waals surface area contributed by atoms with Gasteiger partial charge in [-0.05, 0) is 59.0 Å². The molecule has 5 N–H and O–H groups in total. The zero-order chi connectivity index (χ0) is 28.5. The van der Waals surface area contributed by atoms with Gasteiger partial charge in [-0.15, -0.1) is 0 Å². The van der Waals surface area contributed by atoms with E-state index in [1.54, 1.807) is 24.4 Å². The SMILES string of the molecule is Cc1ccnc(NCCCC(=O)NCC(=O)NC(CC(=O)O)c2ccc(-c3cccc4ccccc34)cc2O)c1.[H-].[Na+]. The third kappa shape index (κ3) is 9.04. The predicted octanol–water partition coefficient (Wildman–Crippen LogP) is 1.67. The predicted molar refractivity (Wildman–Crippen MR) is 155 cm³/mol. The fourth-order valence-corrected chi connectivity index (χ4v) is 4.51. The van der Waals surface area contributed by atoms with Crippen LogP contribution < -0.4 is 45.5 Å². The van der Waals surface area contributed by atoms with Crippen molar-refractivity contribution in [3.63, 3.8) is 0 Å². The van der Waals surface area contributed by atoms with Crippen LogP contribution in [-0.4, -0.2) is 46.1 Å². The van der Waals surface area contributed by atoms with Gasteiger partial charge in [0, 0.05) is 24.7 Å². The summed E-state index contributed by atoms with van der Waals surface area (Å²) < 4.78 is 0. The monoisotopic (exact) mass is 564 g/mol. The van der Waals surface area contributed by atoms with Gasteiger partial charge >= 0.3 is 35.5 Å². The fourth-order valence-electron chi connectivity index (χ4n) is 4.51. The Morgan fingerprint density at radius 1 is 0.976 bits per heavy atom. The molecule has 0 fully saturated rings. The maximum Gasteiger partial charge on any atom is 1.00 e. The van der Waals surface area contributed by atoms with Gasteiger partial charge in [0.25, 0.3) is 0 Å². The second-order valence-electron chi connectivity index (χ2n) is 9.54. The van der Waals surface area contributed by atoms with Gasteiger partial charge in [0.05, 0.1) is 19.0 Å². The number of nitrogens with one attached hydrogen (secondary N) is 3. The molecule has 0 saturated carbocycles. The van der Waals surface area contributed by atoms with E-state index in [-0.39, 0.29) is 61.2 Å². The van der Waals surface area contributed by atoms with Gasteiger partial charge in [-0.25, -0.2) is 4.98 Å². The number of carboxylic acids is 1. The van der Waals surface area contributed by atoms with Crippen molar-refractivity contribution in [2.75, 3.05) is 18.4 Å². The van der Waals surface area contributed by atoms with E-state index in [0.29, 0.717) is 13.0 Å². The quantitative estimate of drug-likeness (QED) is 0.130. The number of nitrogens with zero attached hydrogens (tertiary/aromatic N) is 1. The molecule has 0 radical (unpaired) electrons. The van der Waals surface area contributed by atoms with E-state index in [4.69, 9.17) is 0 Å². The Morgan fingerprint density at radius 2 is 1.76 bits per heavy atom. The summed E-state index contributed by atoms with van der Waals surface area (Å²) in [6.07, 6.45) is 2.03. The van der Waals surface area contributed by atoms with E-state index in [2.05, 4.69) is 20.9 Å². The second kappa shape index (κ2) is 15.2. The minimum atomic E-state index is -1.14. The Labute approximate surface area is 262 Å². The van der Waals surface area contributed by atoms with Crippen LogP contribution in [0.2, 0.25) is 0 Å². The first-order chi connectivity index (χ1) is 19.3. The van der Waals surface area contributed by atoms with Crippen molar-refractivity contribution in [1.29, 1.82) is 0 Å². The first-order valence-electron chi connectivity index (χ1n) is 13.1. The van der Waals surface area contributed by atoms with E-state index < -0.39 is 24.3 Å². The van der Waals surface area contributed by atoms with Crippen LogP contribution in [0.4, 0.5) is 5.82 Å². The van der Waals surface area contributed by atoms with Gasteiger partial charge in [-0.1, -0.05) is 54.6 Å². The first-order valence-corrected chi connectivity index (χ1v) is 13.1. The standard InChI is InChI=1S/C31H32N4O5.Na.H/c1-20-13-15-33-28(16-20)32-14-5-10-29(37)34-19-30(38)35-26(18-31(39)40)25-12-11-22(17-27(25)36)24-9-4-7-21-6-2-3-8-23(21)24;;/h2-4,6-9,11-13,15-17,26,36H,5,10,14,18-19H2,1H3,(H,32,33)(H,34,37)(H,35,38)(H,39,40);;/q;+1;-1. The van der Waals surface area contributed by atoms with Crippen molar-refractivity contribution >= 4 is 34.4 Å². The third-order valence-corrected chi connectivity index (χ3v) is 6.47. The molecule has 0 aliphatic rings. The number of hydrogen-bond acceptors (Lipinski definition) is 6. The van der Waals surface area contributed by atoms with E-state index in [1.165, 1.54) is 0 Å². The van der Waals surface area contributed by atoms with Crippen LogP contribution in [0.15, 0.2) is 79.0 Å². The number of aliphatic carboxylic acids is 1. The molecule has 1 heterocycles. The Morgan fingerprint density at radius 3 is 2.51 bits per heavy atom. The summed E-state index contributed by atoms with van der Waals surface area (Å²) in [5.74, 6) is -1.39. The molecule has 1 unspecified atom stereocenters. The Balaban J connectivity index is 0.00000308. The smallest absolute Gasteiger partial charge is 1.00 e. The summed E-state index contributed by atoms with van der Waals surface area (Å²) in [7, 11) is 0. The molecule has 1 aromatic heterocycles. The molecule has 3 aromatic carbocycles. The van der Waals surface area contributed by atoms with Gasteiger partial charge in [0.1, 0.15) is 11.6 Å². The van der Waals surface area contributed by atoms with Crippen molar-refractivity contribution in [3.05, 3.63) is 90.1 Å². The van der Waals surface area contributed by atoms with E-state index >= 15 is 0 Å². The summed E-state index contributed by atoms with van der Waals surface area (Å²) in [5, 5.41) is 30.7. The summed E-state index contributed by atoms with van der Waals surface area (Å²) in [6.45, 7) is 2.20. The molecule has 4 aromatic rings. The molecule has 208 valence electrons. The average molecular weight is 565 g/mol. The molecule has 2 amide bonds. The number of carbonyl (C=O) groups is 3. The third-order valence-electron chi connectivity index (χ3n) is 6.47. The summed E-state index contributed by atoms with van der Waals surface area (Å²) in [5.41, 5.74) is 3.05. The van der Waals surface area contributed by atoms with Crippen LogP contribution >= 0.6 is 0 Å². The Bertz CT molecular complexity index is 1530. The number of phenolic OH excluding ortho intramolecular Hbond substituents is 1. The molecule has 1 atom stereocenters. The van der Waals surface area contributed by atoms with Crippen molar-refractivity contribution in [2.45, 2.75) is 32.2 Å². The van der Waals surface area contributed by atoms with Crippen LogP contribution in [0.25, 0.3) is 21.9 Å². The van der Waals surface area contributed by atoms with Crippen molar-refractivity contribution in [3.8, 4) is 16.9 Å². The number of benzene rings is 3. The van der Waals surface area contributed by atoms with Gasteiger partial charge in [0.2, 0.25) is 11.8 Å². The van der Waals surface area contributed by atoms with Crippen molar-refractivity contribution in [1.82, 2.24) is 15.6 Å². The summed E-state index contributed by atoms with van der Waals surface area (Å²) in [4.78, 5) is 40.5. The molecule has 0 spiro atoms. The second-order valence-corrected chi connectivity index (χ2v) is 9.54. The topological polar surface area (TPSA) is 141 Å². The summed E-state index contributed by atoms with van der Waals surface area (Å²) >= 11 is 0. The zero-order valence-electron chi connectivity index (χ0n) is 24.2.